The molecule has 0 aliphatic heterocycles. The number of nitrogens with zero attached hydrogens (tertiary/aromatic N) is 2. The zero-order valence-corrected chi connectivity index (χ0v) is 10.1. The van der Waals surface area contributed by atoms with Crippen LogP contribution in [-0.2, 0) is 0 Å². The van der Waals surface area contributed by atoms with Gasteiger partial charge < -0.3 is 10.4 Å². The number of nitro groups is 1. The lowest BCUT2D eigenvalue weighted by molar-refractivity contribution is -0.385. The van der Waals surface area contributed by atoms with Gasteiger partial charge in [-0.05, 0) is 19.8 Å². The van der Waals surface area contributed by atoms with Gasteiger partial charge in [-0.15, -0.1) is 0 Å². The predicted molar refractivity (Wildman–Crippen MR) is 65.3 cm³/mol. The first-order valence-corrected chi connectivity index (χ1v) is 5.60. The molecule has 6 nitrogen and oxygen atoms in total. The van der Waals surface area contributed by atoms with E-state index in [0.717, 1.165) is 12.6 Å². The van der Waals surface area contributed by atoms with E-state index in [-0.39, 0.29) is 16.8 Å². The highest BCUT2D eigenvalue weighted by atomic mass is 35.5. The molecule has 0 aliphatic carbocycles. The summed E-state index contributed by atoms with van der Waals surface area (Å²) in [4.78, 5) is 13.8. The Bertz CT molecular complexity index is 398. The molecule has 1 rings (SSSR count). The first-order chi connectivity index (χ1) is 8.00. The summed E-state index contributed by atoms with van der Waals surface area (Å²) in [5.41, 5.74) is -0.135. The molecule has 2 N–H and O–H groups in total. The zero-order valence-electron chi connectivity index (χ0n) is 9.39. The van der Waals surface area contributed by atoms with Crippen LogP contribution >= 0.6 is 11.6 Å². The molecule has 1 unspecified atom stereocenters. The highest BCUT2D eigenvalue weighted by Gasteiger charge is 2.10. The average molecular weight is 260 g/mol. The lowest BCUT2D eigenvalue weighted by Gasteiger charge is -2.07. The zero-order chi connectivity index (χ0) is 12.8. The number of aromatic nitrogens is 1. The second kappa shape index (κ2) is 6.36. The fraction of sp³-hybridized carbons (Fsp3) is 0.500. The summed E-state index contributed by atoms with van der Waals surface area (Å²) < 4.78 is 0. The number of aliphatic hydroxyl groups is 1. The second-order valence-corrected chi connectivity index (χ2v) is 4.11. The monoisotopic (exact) mass is 259 g/mol. The minimum atomic E-state index is -0.546. The molecule has 0 radical (unpaired) electrons. The van der Waals surface area contributed by atoms with Gasteiger partial charge in [0.1, 0.15) is 12.0 Å². The second-order valence-electron chi connectivity index (χ2n) is 3.70. The SMILES string of the molecule is CC(O)CCCNc1ncc([N+](=O)[O-])cc1Cl. The fourth-order valence-corrected chi connectivity index (χ4v) is 1.49. The van der Waals surface area contributed by atoms with E-state index >= 15 is 0 Å². The Hall–Kier alpha value is -1.40. The molecule has 1 aromatic rings. The van der Waals surface area contributed by atoms with E-state index in [0.29, 0.717) is 18.8 Å². The van der Waals surface area contributed by atoms with Crippen LogP contribution in [-0.4, -0.2) is 27.7 Å². The normalized spacial score (nSPS) is 12.2. The number of hydrogen-bond acceptors (Lipinski definition) is 5. The van der Waals surface area contributed by atoms with Gasteiger partial charge in [-0.1, -0.05) is 11.6 Å². The van der Waals surface area contributed by atoms with E-state index in [1.807, 2.05) is 0 Å². The number of pyridine rings is 1. The van der Waals surface area contributed by atoms with Crippen molar-refractivity contribution in [2.24, 2.45) is 0 Å². The summed E-state index contributed by atoms with van der Waals surface area (Å²) in [6, 6.07) is 1.26. The third-order valence-electron chi connectivity index (χ3n) is 2.13. The van der Waals surface area contributed by atoms with E-state index < -0.39 is 4.92 Å². The highest BCUT2D eigenvalue weighted by molar-refractivity contribution is 6.33. The molecule has 0 aromatic carbocycles. The van der Waals surface area contributed by atoms with Crippen molar-refractivity contribution in [3.8, 4) is 0 Å². The van der Waals surface area contributed by atoms with Crippen molar-refractivity contribution >= 4 is 23.1 Å². The molecular weight excluding hydrogens is 246 g/mol. The van der Waals surface area contributed by atoms with Gasteiger partial charge in [-0.2, -0.15) is 0 Å². The van der Waals surface area contributed by atoms with E-state index in [2.05, 4.69) is 10.3 Å². The maximum atomic E-state index is 10.5. The Morgan fingerprint density at radius 1 is 1.71 bits per heavy atom. The van der Waals surface area contributed by atoms with Crippen LogP contribution in [0.1, 0.15) is 19.8 Å². The van der Waals surface area contributed by atoms with Gasteiger partial charge in [0.25, 0.3) is 5.69 Å². The third kappa shape index (κ3) is 4.54. The van der Waals surface area contributed by atoms with Gasteiger partial charge in [0.15, 0.2) is 0 Å². The van der Waals surface area contributed by atoms with Crippen molar-refractivity contribution in [2.45, 2.75) is 25.9 Å². The van der Waals surface area contributed by atoms with Crippen LogP contribution in [0.3, 0.4) is 0 Å². The van der Waals surface area contributed by atoms with Crippen LogP contribution in [0.25, 0.3) is 0 Å². The lowest BCUT2D eigenvalue weighted by atomic mass is 10.2. The molecule has 0 spiro atoms. The Labute approximate surface area is 104 Å². The van der Waals surface area contributed by atoms with E-state index in [1.54, 1.807) is 6.92 Å². The van der Waals surface area contributed by atoms with Gasteiger partial charge in [0.05, 0.1) is 16.0 Å². The summed E-state index contributed by atoms with van der Waals surface area (Å²) >= 11 is 5.84. The van der Waals surface area contributed by atoms with Crippen molar-refractivity contribution in [3.05, 3.63) is 27.4 Å². The Kier molecular flexibility index (Phi) is 5.11. The van der Waals surface area contributed by atoms with Crippen LogP contribution in [0.4, 0.5) is 11.5 Å². The largest absolute Gasteiger partial charge is 0.393 e. The first kappa shape index (κ1) is 13.7. The summed E-state index contributed by atoms with van der Waals surface area (Å²) in [5, 5.41) is 22.7. The van der Waals surface area contributed by atoms with E-state index in [9.17, 15) is 10.1 Å². The molecule has 1 heterocycles. The number of halogens is 1. The number of hydrogen-bond donors (Lipinski definition) is 2. The molecule has 0 saturated carbocycles. The van der Waals surface area contributed by atoms with Gasteiger partial charge in [0, 0.05) is 12.6 Å². The van der Waals surface area contributed by atoms with Gasteiger partial charge in [-0.3, -0.25) is 10.1 Å². The summed E-state index contributed by atoms with van der Waals surface area (Å²) in [6.45, 7) is 2.33. The van der Waals surface area contributed by atoms with Gasteiger partial charge in [-0.25, -0.2) is 4.98 Å². The van der Waals surface area contributed by atoms with Crippen molar-refractivity contribution in [1.82, 2.24) is 4.98 Å². The Morgan fingerprint density at radius 3 is 2.94 bits per heavy atom. The standard InChI is InChI=1S/C10H14ClN3O3/c1-7(15)3-2-4-12-10-9(11)5-8(6-13-10)14(16)17/h5-7,15H,2-4H2,1H3,(H,12,13). The van der Waals surface area contributed by atoms with Crippen molar-refractivity contribution in [3.63, 3.8) is 0 Å². The first-order valence-electron chi connectivity index (χ1n) is 5.22. The Morgan fingerprint density at radius 2 is 2.41 bits per heavy atom. The molecular formula is C10H14ClN3O3. The van der Waals surface area contributed by atoms with Crippen molar-refractivity contribution in [2.75, 3.05) is 11.9 Å². The van der Waals surface area contributed by atoms with Crippen LogP contribution < -0.4 is 5.32 Å². The molecule has 0 aliphatic rings. The quantitative estimate of drug-likeness (QED) is 0.465. The topological polar surface area (TPSA) is 88.3 Å². The lowest BCUT2D eigenvalue weighted by Crippen LogP contribution is -2.08. The van der Waals surface area contributed by atoms with Crippen LogP contribution in [0.15, 0.2) is 12.3 Å². The van der Waals surface area contributed by atoms with Crippen LogP contribution in [0.5, 0.6) is 0 Å². The molecule has 1 aromatic heterocycles. The molecule has 94 valence electrons. The maximum absolute atomic E-state index is 10.5. The van der Waals surface area contributed by atoms with Crippen LogP contribution in [0.2, 0.25) is 5.02 Å². The summed E-state index contributed by atoms with van der Waals surface area (Å²) in [7, 11) is 0. The minimum Gasteiger partial charge on any atom is -0.393 e. The van der Waals surface area contributed by atoms with Crippen LogP contribution in [0, 0.1) is 10.1 Å². The molecule has 1 atom stereocenters. The fourth-order valence-electron chi connectivity index (χ4n) is 1.26. The summed E-state index contributed by atoms with van der Waals surface area (Å²) in [6.07, 6.45) is 2.27. The smallest absolute Gasteiger partial charge is 0.289 e. The van der Waals surface area contributed by atoms with E-state index in [1.165, 1.54) is 6.07 Å². The summed E-state index contributed by atoms with van der Waals surface area (Å²) in [5.74, 6) is 0.419. The molecule has 17 heavy (non-hydrogen) atoms. The Balaban J connectivity index is 2.52. The third-order valence-corrected chi connectivity index (χ3v) is 2.42. The number of aliphatic hydroxyl groups excluding tert-OH is 1. The van der Waals surface area contributed by atoms with E-state index in [4.69, 9.17) is 16.7 Å². The molecule has 0 saturated heterocycles. The molecule has 0 amide bonds. The number of anilines is 1. The molecule has 0 bridgehead atoms. The predicted octanol–water partition coefficient (Wildman–Crippen LogP) is 2.22. The average Bonchev–Trinajstić information content (AvgIpc) is 2.25. The number of nitrogens with one attached hydrogen (secondary N) is 1. The number of rotatable bonds is 6. The minimum absolute atomic E-state index is 0.135. The van der Waals surface area contributed by atoms with Crippen molar-refractivity contribution in [1.29, 1.82) is 0 Å². The van der Waals surface area contributed by atoms with Gasteiger partial charge in [0.2, 0.25) is 0 Å². The molecule has 7 heteroatoms. The van der Waals surface area contributed by atoms with Gasteiger partial charge >= 0.3 is 0 Å². The maximum Gasteiger partial charge on any atom is 0.289 e. The van der Waals surface area contributed by atoms with Crippen molar-refractivity contribution < 1.29 is 10.0 Å². The molecule has 0 fully saturated rings. The highest BCUT2D eigenvalue weighted by Crippen LogP contribution is 2.23.